The van der Waals surface area contributed by atoms with E-state index in [1.807, 2.05) is 0 Å². The monoisotopic (exact) mass is 278 g/mol. The summed E-state index contributed by atoms with van der Waals surface area (Å²) in [7, 11) is 0. The zero-order valence-electron chi connectivity index (χ0n) is 13.5. The zero-order chi connectivity index (χ0) is 14.5. The Kier molecular flexibility index (Phi) is 5.61. The molecule has 0 spiro atoms. The van der Waals surface area contributed by atoms with Gasteiger partial charge in [-0.2, -0.15) is 5.10 Å². The van der Waals surface area contributed by atoms with Crippen LogP contribution in [-0.4, -0.2) is 40.4 Å². The van der Waals surface area contributed by atoms with Crippen LogP contribution in [0.4, 0.5) is 0 Å². The molecular formula is C16H30N4. The fraction of sp³-hybridized carbons (Fsp3) is 0.812. The molecule has 0 saturated carbocycles. The average Bonchev–Trinajstić information content (AvgIpc) is 2.67. The van der Waals surface area contributed by atoms with E-state index in [-0.39, 0.29) is 0 Å². The number of aromatic nitrogens is 2. The third-order valence-corrected chi connectivity index (χ3v) is 4.28. The van der Waals surface area contributed by atoms with Crippen molar-refractivity contribution in [2.75, 3.05) is 19.6 Å². The maximum atomic E-state index is 4.66. The van der Waals surface area contributed by atoms with Crippen LogP contribution in [0.15, 0.2) is 6.07 Å². The van der Waals surface area contributed by atoms with Crippen LogP contribution in [-0.2, 0) is 19.5 Å². The van der Waals surface area contributed by atoms with Crippen molar-refractivity contribution < 1.29 is 0 Å². The van der Waals surface area contributed by atoms with Gasteiger partial charge in [-0.3, -0.25) is 9.58 Å². The molecule has 2 rings (SSSR count). The minimum absolute atomic E-state index is 0.612. The van der Waals surface area contributed by atoms with Gasteiger partial charge in [0.05, 0.1) is 11.4 Å². The van der Waals surface area contributed by atoms with Gasteiger partial charge in [0.1, 0.15) is 0 Å². The van der Waals surface area contributed by atoms with E-state index in [1.54, 1.807) is 0 Å². The molecule has 1 aromatic heterocycles. The Labute approximate surface area is 123 Å². The van der Waals surface area contributed by atoms with Gasteiger partial charge in [0, 0.05) is 25.7 Å². The molecule has 20 heavy (non-hydrogen) atoms. The third kappa shape index (κ3) is 3.83. The van der Waals surface area contributed by atoms with Crippen molar-refractivity contribution in [2.24, 2.45) is 5.92 Å². The van der Waals surface area contributed by atoms with Gasteiger partial charge in [-0.25, -0.2) is 0 Å². The highest BCUT2D eigenvalue weighted by Gasteiger charge is 2.21. The van der Waals surface area contributed by atoms with Gasteiger partial charge in [0.15, 0.2) is 0 Å². The molecule has 1 aromatic rings. The smallest absolute Gasteiger partial charge is 0.0625 e. The summed E-state index contributed by atoms with van der Waals surface area (Å²) in [6.45, 7) is 14.5. The molecule has 2 heterocycles. The van der Waals surface area contributed by atoms with Gasteiger partial charge < -0.3 is 5.32 Å². The fourth-order valence-corrected chi connectivity index (χ4v) is 2.93. The van der Waals surface area contributed by atoms with E-state index in [0.717, 1.165) is 32.6 Å². The normalized spacial score (nSPS) is 21.4. The second-order valence-corrected chi connectivity index (χ2v) is 6.19. The van der Waals surface area contributed by atoms with E-state index in [0.29, 0.717) is 12.0 Å². The third-order valence-electron chi connectivity index (χ3n) is 4.28. The van der Waals surface area contributed by atoms with E-state index in [1.165, 1.54) is 24.4 Å². The maximum Gasteiger partial charge on any atom is 0.0625 e. The minimum atomic E-state index is 0.612. The van der Waals surface area contributed by atoms with E-state index in [2.05, 4.69) is 53.8 Å². The van der Waals surface area contributed by atoms with E-state index >= 15 is 0 Å². The quantitative estimate of drug-likeness (QED) is 0.897. The molecule has 1 aliphatic rings. The summed E-state index contributed by atoms with van der Waals surface area (Å²) in [6, 6.07) is 2.90. The second-order valence-electron chi connectivity index (χ2n) is 6.19. The van der Waals surface area contributed by atoms with Crippen molar-refractivity contribution in [3.8, 4) is 0 Å². The summed E-state index contributed by atoms with van der Waals surface area (Å²) in [5, 5.41) is 8.34. The maximum absolute atomic E-state index is 4.66. The number of nitrogens with zero attached hydrogens (tertiary/aromatic N) is 3. The predicted molar refractivity (Wildman–Crippen MR) is 83.8 cm³/mol. The molecule has 4 heteroatoms. The van der Waals surface area contributed by atoms with E-state index in [9.17, 15) is 0 Å². The van der Waals surface area contributed by atoms with Crippen molar-refractivity contribution in [3.05, 3.63) is 17.5 Å². The summed E-state index contributed by atoms with van der Waals surface area (Å²) in [5.74, 6) is 0.692. The standard InChI is InChI=1S/C16H30N4/c1-5-14-10-15(20(6-2)18-14)11-19-9-7-8-17-16(12-19)13(3)4/h10,13,16-17H,5-9,11-12H2,1-4H3. The van der Waals surface area contributed by atoms with Crippen molar-refractivity contribution >= 4 is 0 Å². The van der Waals surface area contributed by atoms with Crippen molar-refractivity contribution in [1.29, 1.82) is 0 Å². The van der Waals surface area contributed by atoms with Crippen molar-refractivity contribution in [2.45, 2.75) is 59.7 Å². The van der Waals surface area contributed by atoms with Crippen molar-refractivity contribution in [3.63, 3.8) is 0 Å². The Bertz CT molecular complexity index is 411. The molecule has 0 radical (unpaired) electrons. The number of nitrogens with one attached hydrogen (secondary N) is 1. The molecule has 114 valence electrons. The molecule has 1 unspecified atom stereocenters. The van der Waals surface area contributed by atoms with E-state index < -0.39 is 0 Å². The molecule has 1 aliphatic heterocycles. The van der Waals surface area contributed by atoms with Crippen LogP contribution in [0.3, 0.4) is 0 Å². The fourth-order valence-electron chi connectivity index (χ4n) is 2.93. The van der Waals surface area contributed by atoms with Crippen LogP contribution >= 0.6 is 0 Å². The first-order valence-corrected chi connectivity index (χ1v) is 8.15. The topological polar surface area (TPSA) is 33.1 Å². The highest BCUT2D eigenvalue weighted by Crippen LogP contribution is 2.14. The molecule has 1 saturated heterocycles. The molecule has 0 aromatic carbocycles. The summed E-state index contributed by atoms with van der Waals surface area (Å²) in [4.78, 5) is 2.59. The van der Waals surface area contributed by atoms with Gasteiger partial charge in [-0.1, -0.05) is 20.8 Å². The first-order chi connectivity index (χ1) is 9.63. The number of rotatable bonds is 5. The van der Waals surface area contributed by atoms with Gasteiger partial charge in [-0.05, 0) is 44.8 Å². The Morgan fingerprint density at radius 1 is 1.40 bits per heavy atom. The van der Waals surface area contributed by atoms with Crippen LogP contribution in [0.5, 0.6) is 0 Å². The summed E-state index contributed by atoms with van der Waals surface area (Å²) in [6.07, 6.45) is 2.26. The van der Waals surface area contributed by atoms with Crippen LogP contribution in [0.25, 0.3) is 0 Å². The lowest BCUT2D eigenvalue weighted by Crippen LogP contribution is -2.41. The zero-order valence-corrected chi connectivity index (χ0v) is 13.5. The molecule has 4 nitrogen and oxygen atoms in total. The highest BCUT2D eigenvalue weighted by atomic mass is 15.3. The lowest BCUT2D eigenvalue weighted by molar-refractivity contribution is 0.232. The molecular weight excluding hydrogens is 248 g/mol. The molecule has 1 atom stereocenters. The SMILES string of the molecule is CCc1cc(CN2CCCNC(C(C)C)C2)n(CC)n1. The van der Waals surface area contributed by atoms with Gasteiger partial charge >= 0.3 is 0 Å². The summed E-state index contributed by atoms with van der Waals surface area (Å²) >= 11 is 0. The Morgan fingerprint density at radius 2 is 2.20 bits per heavy atom. The lowest BCUT2D eigenvalue weighted by atomic mass is 10.0. The second kappa shape index (κ2) is 7.23. The molecule has 0 aliphatic carbocycles. The van der Waals surface area contributed by atoms with Crippen molar-refractivity contribution in [1.82, 2.24) is 20.0 Å². The first-order valence-electron chi connectivity index (χ1n) is 8.15. The summed E-state index contributed by atoms with van der Waals surface area (Å²) < 4.78 is 2.17. The average molecular weight is 278 g/mol. The Morgan fingerprint density at radius 3 is 2.85 bits per heavy atom. The van der Waals surface area contributed by atoms with Crippen LogP contribution in [0.2, 0.25) is 0 Å². The van der Waals surface area contributed by atoms with E-state index in [4.69, 9.17) is 0 Å². The number of aryl methyl sites for hydroxylation is 2. The predicted octanol–water partition coefficient (Wildman–Crippen LogP) is 2.29. The number of hydrogen-bond donors (Lipinski definition) is 1. The van der Waals surface area contributed by atoms with Crippen LogP contribution in [0.1, 0.15) is 45.5 Å². The Hall–Kier alpha value is -0.870. The molecule has 0 amide bonds. The molecule has 1 N–H and O–H groups in total. The minimum Gasteiger partial charge on any atom is -0.312 e. The van der Waals surface area contributed by atoms with Crippen LogP contribution < -0.4 is 5.32 Å². The largest absolute Gasteiger partial charge is 0.312 e. The summed E-state index contributed by atoms with van der Waals surface area (Å²) in [5.41, 5.74) is 2.59. The van der Waals surface area contributed by atoms with Gasteiger partial charge in [0.2, 0.25) is 0 Å². The molecule has 1 fully saturated rings. The first kappa shape index (κ1) is 15.5. The van der Waals surface area contributed by atoms with Gasteiger partial charge in [0.25, 0.3) is 0 Å². The number of hydrogen-bond acceptors (Lipinski definition) is 3. The highest BCUT2D eigenvalue weighted by molar-refractivity contribution is 5.10. The van der Waals surface area contributed by atoms with Crippen LogP contribution in [0, 0.1) is 5.92 Å². The Balaban J connectivity index is 2.05. The molecule has 0 bridgehead atoms. The van der Waals surface area contributed by atoms with Gasteiger partial charge in [-0.15, -0.1) is 0 Å². The lowest BCUT2D eigenvalue weighted by Gasteiger charge is -2.26.